The summed E-state index contributed by atoms with van der Waals surface area (Å²) in [6, 6.07) is 10.7. The molecule has 4 rings (SSSR count). The summed E-state index contributed by atoms with van der Waals surface area (Å²) in [5, 5.41) is 3.02. The first kappa shape index (κ1) is 19.1. The van der Waals surface area contributed by atoms with Gasteiger partial charge in [-0.15, -0.1) is 0 Å². The number of amides is 1. The second kappa shape index (κ2) is 9.32. The Labute approximate surface area is 165 Å². The van der Waals surface area contributed by atoms with Gasteiger partial charge in [0.25, 0.3) is 5.91 Å². The predicted molar refractivity (Wildman–Crippen MR) is 105 cm³/mol. The molecule has 2 fully saturated rings. The maximum Gasteiger partial charge on any atom is 0.273 e. The molecule has 1 aromatic carbocycles. The molecular formula is C21H28N4O3. The molecule has 2 aliphatic rings. The van der Waals surface area contributed by atoms with E-state index in [1.165, 1.54) is 11.8 Å². The zero-order valence-corrected chi connectivity index (χ0v) is 16.2. The number of hydrogen-bond donors (Lipinski definition) is 1. The molecule has 0 aliphatic carbocycles. The van der Waals surface area contributed by atoms with Crippen molar-refractivity contribution < 1.29 is 13.9 Å². The van der Waals surface area contributed by atoms with Gasteiger partial charge in [0, 0.05) is 52.0 Å². The molecule has 1 N–H and O–H groups in total. The number of rotatable bonds is 6. The Morgan fingerprint density at radius 2 is 1.71 bits per heavy atom. The van der Waals surface area contributed by atoms with Crippen LogP contribution in [-0.2, 0) is 17.8 Å². The number of nitrogens with one attached hydrogen (secondary N) is 1. The first-order valence-electron chi connectivity index (χ1n) is 10.1. The van der Waals surface area contributed by atoms with E-state index in [0.29, 0.717) is 31.3 Å². The van der Waals surface area contributed by atoms with Crippen molar-refractivity contribution >= 4 is 5.91 Å². The Morgan fingerprint density at radius 1 is 1.04 bits per heavy atom. The zero-order valence-electron chi connectivity index (χ0n) is 16.2. The van der Waals surface area contributed by atoms with E-state index in [2.05, 4.69) is 50.4 Å². The smallest absolute Gasteiger partial charge is 0.273 e. The van der Waals surface area contributed by atoms with Crippen molar-refractivity contribution in [3.63, 3.8) is 0 Å². The monoisotopic (exact) mass is 384 g/mol. The second-order valence-corrected chi connectivity index (χ2v) is 7.52. The number of ether oxygens (including phenoxy) is 1. The van der Waals surface area contributed by atoms with Crippen molar-refractivity contribution in [2.45, 2.75) is 32.0 Å². The summed E-state index contributed by atoms with van der Waals surface area (Å²) in [4.78, 5) is 21.5. The summed E-state index contributed by atoms with van der Waals surface area (Å²) in [6.07, 6.45) is 3.17. The lowest BCUT2D eigenvalue weighted by Gasteiger charge is -2.34. The SMILES string of the molecule is O=C(NC1CCOCC1)c1coc(CN2CCN(Cc3ccccc3)CC2)n1. The molecule has 1 amide bonds. The van der Waals surface area contributed by atoms with Crippen LogP contribution in [0.5, 0.6) is 0 Å². The quantitative estimate of drug-likeness (QED) is 0.820. The molecule has 0 unspecified atom stereocenters. The number of carbonyl (C=O) groups excluding carboxylic acids is 1. The lowest BCUT2D eigenvalue weighted by atomic mass is 10.1. The van der Waals surface area contributed by atoms with Crippen LogP contribution >= 0.6 is 0 Å². The van der Waals surface area contributed by atoms with Crippen molar-refractivity contribution in [2.24, 2.45) is 0 Å². The van der Waals surface area contributed by atoms with Crippen LogP contribution in [0.3, 0.4) is 0 Å². The van der Waals surface area contributed by atoms with Crippen molar-refractivity contribution in [3.8, 4) is 0 Å². The van der Waals surface area contributed by atoms with E-state index >= 15 is 0 Å². The maximum absolute atomic E-state index is 12.3. The number of benzene rings is 1. The van der Waals surface area contributed by atoms with E-state index < -0.39 is 0 Å². The predicted octanol–water partition coefficient (Wildman–Crippen LogP) is 1.90. The largest absolute Gasteiger partial charge is 0.447 e. The molecule has 2 aromatic rings. The van der Waals surface area contributed by atoms with Crippen LogP contribution in [0.1, 0.15) is 34.8 Å². The van der Waals surface area contributed by atoms with Crippen LogP contribution in [0, 0.1) is 0 Å². The van der Waals surface area contributed by atoms with Crippen molar-refractivity contribution in [1.29, 1.82) is 0 Å². The molecule has 28 heavy (non-hydrogen) atoms. The molecule has 1 aromatic heterocycles. The minimum absolute atomic E-state index is 0.158. The standard InChI is InChI=1S/C21H28N4O3/c26-21(22-18-6-12-27-13-7-18)19-16-28-20(23-19)15-25-10-8-24(9-11-25)14-17-4-2-1-3-5-17/h1-5,16,18H,6-15H2,(H,22,26). The van der Waals surface area contributed by atoms with Gasteiger partial charge in [0.2, 0.25) is 5.89 Å². The number of carbonyl (C=O) groups is 1. The average molecular weight is 384 g/mol. The van der Waals surface area contributed by atoms with Gasteiger partial charge in [-0.2, -0.15) is 0 Å². The topological polar surface area (TPSA) is 70.8 Å². The highest BCUT2D eigenvalue weighted by atomic mass is 16.5. The Hall–Kier alpha value is -2.22. The zero-order chi connectivity index (χ0) is 19.2. The first-order valence-corrected chi connectivity index (χ1v) is 10.1. The number of oxazole rings is 1. The minimum atomic E-state index is -0.158. The molecule has 0 atom stereocenters. The summed E-state index contributed by atoms with van der Waals surface area (Å²) in [5.74, 6) is 0.447. The van der Waals surface area contributed by atoms with Crippen LogP contribution in [-0.4, -0.2) is 66.1 Å². The molecule has 150 valence electrons. The summed E-state index contributed by atoms with van der Waals surface area (Å²) in [5.41, 5.74) is 1.72. The highest BCUT2D eigenvalue weighted by Crippen LogP contribution is 2.13. The maximum atomic E-state index is 12.3. The van der Waals surface area contributed by atoms with Gasteiger partial charge in [-0.25, -0.2) is 4.98 Å². The molecule has 2 saturated heterocycles. The van der Waals surface area contributed by atoms with Gasteiger partial charge in [0.1, 0.15) is 6.26 Å². The lowest BCUT2D eigenvalue weighted by molar-refractivity contribution is 0.0694. The van der Waals surface area contributed by atoms with Gasteiger partial charge in [-0.1, -0.05) is 30.3 Å². The summed E-state index contributed by atoms with van der Waals surface area (Å²) < 4.78 is 10.9. The molecule has 2 aliphatic heterocycles. The van der Waals surface area contributed by atoms with Gasteiger partial charge in [0.15, 0.2) is 5.69 Å². The summed E-state index contributed by atoms with van der Waals surface area (Å²) in [6.45, 7) is 7.02. The Kier molecular flexibility index (Phi) is 6.36. The molecule has 7 nitrogen and oxygen atoms in total. The number of piperazine rings is 1. The molecule has 3 heterocycles. The second-order valence-electron chi connectivity index (χ2n) is 7.52. The Morgan fingerprint density at radius 3 is 2.43 bits per heavy atom. The fourth-order valence-electron chi connectivity index (χ4n) is 3.73. The van der Waals surface area contributed by atoms with Crippen LogP contribution in [0.4, 0.5) is 0 Å². The van der Waals surface area contributed by atoms with Gasteiger partial charge in [-0.3, -0.25) is 14.6 Å². The van der Waals surface area contributed by atoms with Crippen molar-refractivity contribution in [3.05, 3.63) is 53.7 Å². The van der Waals surface area contributed by atoms with E-state index in [-0.39, 0.29) is 11.9 Å². The van der Waals surface area contributed by atoms with Gasteiger partial charge in [0.05, 0.1) is 6.54 Å². The third-order valence-electron chi connectivity index (χ3n) is 5.41. The third-order valence-corrected chi connectivity index (χ3v) is 5.41. The highest BCUT2D eigenvalue weighted by Gasteiger charge is 2.22. The minimum Gasteiger partial charge on any atom is -0.447 e. The fourth-order valence-corrected chi connectivity index (χ4v) is 3.73. The Balaban J connectivity index is 1.22. The van der Waals surface area contributed by atoms with Crippen LogP contribution in [0.25, 0.3) is 0 Å². The van der Waals surface area contributed by atoms with Crippen LogP contribution < -0.4 is 5.32 Å². The molecule has 0 saturated carbocycles. The summed E-state index contributed by atoms with van der Waals surface area (Å²) >= 11 is 0. The van der Waals surface area contributed by atoms with E-state index in [4.69, 9.17) is 9.15 Å². The first-order chi connectivity index (χ1) is 13.8. The van der Waals surface area contributed by atoms with Gasteiger partial charge >= 0.3 is 0 Å². The average Bonchev–Trinajstić information content (AvgIpc) is 3.20. The fraction of sp³-hybridized carbons (Fsp3) is 0.524. The number of hydrogen-bond acceptors (Lipinski definition) is 6. The van der Waals surface area contributed by atoms with Crippen LogP contribution in [0.2, 0.25) is 0 Å². The normalized spacial score (nSPS) is 19.6. The van der Waals surface area contributed by atoms with Crippen LogP contribution in [0.15, 0.2) is 41.0 Å². The van der Waals surface area contributed by atoms with Crippen molar-refractivity contribution in [1.82, 2.24) is 20.1 Å². The lowest BCUT2D eigenvalue weighted by Crippen LogP contribution is -2.45. The highest BCUT2D eigenvalue weighted by molar-refractivity contribution is 5.92. The molecular weight excluding hydrogens is 356 g/mol. The summed E-state index contributed by atoms with van der Waals surface area (Å²) in [7, 11) is 0. The molecule has 0 radical (unpaired) electrons. The van der Waals surface area contributed by atoms with E-state index in [1.807, 2.05) is 0 Å². The van der Waals surface area contributed by atoms with E-state index in [9.17, 15) is 4.79 Å². The Bertz CT molecular complexity index is 750. The van der Waals surface area contributed by atoms with Gasteiger partial charge < -0.3 is 14.5 Å². The third kappa shape index (κ3) is 5.19. The number of aromatic nitrogens is 1. The van der Waals surface area contributed by atoms with Gasteiger partial charge in [-0.05, 0) is 18.4 Å². The molecule has 0 bridgehead atoms. The molecule has 0 spiro atoms. The van der Waals surface area contributed by atoms with Crippen molar-refractivity contribution in [2.75, 3.05) is 39.4 Å². The van der Waals surface area contributed by atoms with E-state index in [0.717, 1.165) is 45.6 Å². The van der Waals surface area contributed by atoms with E-state index in [1.54, 1.807) is 0 Å². The molecule has 7 heteroatoms. The number of nitrogens with zero attached hydrogens (tertiary/aromatic N) is 3.